The lowest BCUT2D eigenvalue weighted by atomic mass is 9.96. The van der Waals surface area contributed by atoms with E-state index in [1.165, 1.54) is 0 Å². The topological polar surface area (TPSA) is 327 Å². The van der Waals surface area contributed by atoms with Crippen LogP contribution in [-0.4, -0.2) is 108 Å². The third-order valence-corrected chi connectivity index (χ3v) is 8.61. The fourth-order valence-corrected chi connectivity index (χ4v) is 5.28. The summed E-state index contributed by atoms with van der Waals surface area (Å²) in [6.45, 7) is 9.21. The van der Waals surface area contributed by atoms with Crippen molar-refractivity contribution in [2.75, 3.05) is 13.1 Å². The second-order valence-corrected chi connectivity index (χ2v) is 14.4. The molecule has 20 heteroatoms. The van der Waals surface area contributed by atoms with Crippen LogP contribution in [0.3, 0.4) is 0 Å². The summed E-state index contributed by atoms with van der Waals surface area (Å²) in [6.07, 6.45) is 1.32. The molecule has 1 aromatic rings. The fraction of sp³-hybridized carbons (Fsp3) is 0.526. The van der Waals surface area contributed by atoms with Crippen molar-refractivity contribution < 1.29 is 53.1 Å². The van der Waals surface area contributed by atoms with Crippen LogP contribution < -0.4 is 48.7 Å². The molecule has 20 nitrogen and oxygen atoms in total. The van der Waals surface area contributed by atoms with Crippen molar-refractivity contribution in [3.8, 4) is 0 Å². The van der Waals surface area contributed by atoms with Crippen LogP contribution >= 0.6 is 0 Å². The summed E-state index contributed by atoms with van der Waals surface area (Å²) < 4.78 is 0. The molecule has 1 rings (SSSR count). The van der Waals surface area contributed by atoms with Gasteiger partial charge in [-0.15, -0.1) is 0 Å². The lowest BCUT2D eigenvalue weighted by Crippen LogP contribution is -2.60. The summed E-state index contributed by atoms with van der Waals surface area (Å²) in [5.41, 5.74) is 11.4. The first-order valence-electron chi connectivity index (χ1n) is 18.7. The first-order valence-corrected chi connectivity index (χ1v) is 18.7. The lowest BCUT2D eigenvalue weighted by molar-refractivity contribution is -0.141. The van der Waals surface area contributed by atoms with Crippen molar-refractivity contribution in [1.82, 2.24) is 37.2 Å². The Morgan fingerprint density at radius 2 is 1.22 bits per heavy atom. The minimum absolute atomic E-state index is 0.0105. The molecule has 6 atom stereocenters. The van der Waals surface area contributed by atoms with Crippen molar-refractivity contribution >= 4 is 59.1 Å². The predicted octanol–water partition coefficient (Wildman–Crippen LogP) is -2.36. The fourth-order valence-electron chi connectivity index (χ4n) is 5.28. The van der Waals surface area contributed by atoms with Gasteiger partial charge in [-0.05, 0) is 29.7 Å². The molecule has 320 valence electrons. The molecule has 0 radical (unpaired) electrons. The number of rotatable bonds is 25. The molecule has 12 N–H and O–H groups in total. The van der Waals surface area contributed by atoms with Gasteiger partial charge >= 0.3 is 5.97 Å². The zero-order chi connectivity index (χ0) is 44.1. The largest absolute Gasteiger partial charge is 0.480 e. The summed E-state index contributed by atoms with van der Waals surface area (Å²) in [5.74, 6) is -9.86. The van der Waals surface area contributed by atoms with Gasteiger partial charge in [-0.3, -0.25) is 43.2 Å². The monoisotopic (exact) mass is 815 g/mol. The Bertz CT molecular complexity index is 1670. The lowest BCUT2D eigenvalue weighted by Gasteiger charge is -2.29. The minimum Gasteiger partial charge on any atom is -0.480 e. The smallest absolute Gasteiger partial charge is 0.326 e. The first-order chi connectivity index (χ1) is 27.1. The highest BCUT2D eigenvalue weighted by Gasteiger charge is 2.34. The summed E-state index contributed by atoms with van der Waals surface area (Å²) in [4.78, 5) is 125. The van der Waals surface area contributed by atoms with E-state index in [4.69, 9.17) is 11.5 Å². The Hall–Kier alpha value is -6.34. The third kappa shape index (κ3) is 19.0. The van der Waals surface area contributed by atoms with Gasteiger partial charge in [0, 0.05) is 18.6 Å². The Morgan fingerprint density at radius 3 is 1.76 bits per heavy atom. The van der Waals surface area contributed by atoms with Gasteiger partial charge in [-0.2, -0.15) is 0 Å². The number of primary amides is 2. The predicted molar refractivity (Wildman–Crippen MR) is 209 cm³/mol. The highest BCUT2D eigenvalue weighted by molar-refractivity contribution is 6.01. The maximum atomic E-state index is 13.6. The number of nitrogens with one attached hydrogen (secondary N) is 7. The second kappa shape index (κ2) is 25.0. The van der Waals surface area contributed by atoms with Crippen LogP contribution in [-0.2, 0) is 54.4 Å². The van der Waals surface area contributed by atoms with Gasteiger partial charge in [0.25, 0.3) is 0 Å². The van der Waals surface area contributed by atoms with Gasteiger partial charge in [0.15, 0.2) is 0 Å². The Kier molecular flexibility index (Phi) is 21.4. The average molecular weight is 816 g/mol. The van der Waals surface area contributed by atoms with Crippen molar-refractivity contribution in [1.29, 1.82) is 0 Å². The molecule has 0 fully saturated rings. The van der Waals surface area contributed by atoms with E-state index < -0.39 is 115 Å². The maximum Gasteiger partial charge on any atom is 0.326 e. The average Bonchev–Trinajstić information content (AvgIpc) is 3.14. The molecule has 0 saturated heterocycles. The van der Waals surface area contributed by atoms with Gasteiger partial charge in [0.05, 0.1) is 19.5 Å². The van der Waals surface area contributed by atoms with Gasteiger partial charge in [-0.1, -0.05) is 78.3 Å². The number of hydrogen-bond donors (Lipinski definition) is 10. The van der Waals surface area contributed by atoms with Gasteiger partial charge < -0.3 is 53.8 Å². The van der Waals surface area contributed by atoms with E-state index in [1.807, 2.05) is 13.8 Å². The van der Waals surface area contributed by atoms with Crippen LogP contribution in [0.2, 0.25) is 0 Å². The van der Waals surface area contributed by atoms with Crippen LogP contribution in [0, 0.1) is 17.8 Å². The quantitative estimate of drug-likeness (QED) is 0.0465. The molecule has 1 aromatic carbocycles. The number of carboxylic acids is 1. The van der Waals surface area contributed by atoms with E-state index in [2.05, 4.69) is 37.2 Å². The number of hydrogen-bond acceptors (Lipinski definition) is 10. The molecule has 0 saturated carbocycles. The molecule has 0 aromatic heterocycles. The van der Waals surface area contributed by atoms with E-state index >= 15 is 0 Å². The summed E-state index contributed by atoms with van der Waals surface area (Å²) in [6, 6.07) is 2.37. The molecule has 0 aliphatic rings. The van der Waals surface area contributed by atoms with E-state index in [1.54, 1.807) is 58.0 Å². The molecule has 0 bridgehead atoms. The molecule has 0 spiro atoms. The van der Waals surface area contributed by atoms with Gasteiger partial charge in [0.1, 0.15) is 30.2 Å². The van der Waals surface area contributed by atoms with Gasteiger partial charge in [-0.25, -0.2) is 4.79 Å². The molecule has 0 heterocycles. The number of amides is 9. The second-order valence-electron chi connectivity index (χ2n) is 14.4. The maximum absolute atomic E-state index is 13.6. The van der Waals surface area contributed by atoms with Gasteiger partial charge in [0.2, 0.25) is 53.2 Å². The number of nitrogens with two attached hydrogens (primary N) is 2. The number of aliphatic carboxylic acids is 1. The number of carbonyl (C=O) groups is 10. The van der Waals surface area contributed by atoms with Crippen molar-refractivity contribution in [2.24, 2.45) is 29.2 Å². The highest BCUT2D eigenvalue weighted by atomic mass is 16.4. The van der Waals surface area contributed by atoms with Crippen LogP contribution in [0.4, 0.5) is 0 Å². The van der Waals surface area contributed by atoms with Crippen molar-refractivity contribution in [3.05, 3.63) is 48.0 Å². The molecular weight excluding hydrogens is 758 g/mol. The van der Waals surface area contributed by atoms with Crippen LogP contribution in [0.5, 0.6) is 0 Å². The molecule has 0 aliphatic heterocycles. The zero-order valence-electron chi connectivity index (χ0n) is 33.6. The Balaban J connectivity index is 2.87. The molecule has 9 amide bonds. The molecule has 58 heavy (non-hydrogen) atoms. The van der Waals surface area contributed by atoms with E-state index in [9.17, 15) is 53.1 Å². The van der Waals surface area contributed by atoms with Crippen LogP contribution in [0.25, 0.3) is 0 Å². The molecule has 0 aliphatic carbocycles. The van der Waals surface area contributed by atoms with Crippen molar-refractivity contribution in [2.45, 2.75) is 97.4 Å². The van der Waals surface area contributed by atoms with Crippen LogP contribution in [0.1, 0.15) is 66.4 Å². The Morgan fingerprint density at radius 1 is 0.655 bits per heavy atom. The van der Waals surface area contributed by atoms with E-state index in [-0.39, 0.29) is 24.7 Å². The molecule has 0 unspecified atom stereocenters. The highest BCUT2D eigenvalue weighted by Crippen LogP contribution is 2.13. The zero-order valence-corrected chi connectivity index (χ0v) is 33.6. The first kappa shape index (κ1) is 49.7. The summed E-state index contributed by atoms with van der Waals surface area (Å²) >= 11 is 0. The van der Waals surface area contributed by atoms with Crippen molar-refractivity contribution in [3.63, 3.8) is 0 Å². The standard InChI is InChI=1S/C38H57N9O11/c1-7-22(6)33(37(56)45-24(15-20(2)3)35(54)46-32(21(4)5)34(40)53)47-36(55)25(17-27(39)48)43-29(50)14-13-28(49)41-18-30(51)42-19-31(52)44-26(38(57)58)16-23-11-9-8-10-12-23/h8-14,20-22,24-26,32-33H,7,15-19H2,1-6H3,(H2,39,48)(H2,40,53)(H,41,49)(H,42,51)(H,43,50)(H,44,52)(H,45,56)(H,46,54)(H,47,55)(H,57,58)/b14-13+/t22-,24-,25-,26-,32-,33-/m0/s1. The number of carbonyl (C=O) groups excluding carboxylic acids is 9. The number of carboxylic acid groups (broad SMARTS) is 1. The summed E-state index contributed by atoms with van der Waals surface area (Å²) in [7, 11) is 0. The molecular formula is C38H57N9O11. The van der Waals surface area contributed by atoms with E-state index in [0.29, 0.717) is 18.1 Å². The SMILES string of the molecule is CC[C@H](C)[C@H](NC(=O)[C@H](CC(N)=O)NC(=O)/C=C/C(=O)NCC(=O)NCC(=O)N[C@@H](Cc1ccccc1)C(=O)O)C(=O)N[C@@H](CC(C)C)C(=O)N[C@H](C(N)=O)C(C)C. The minimum atomic E-state index is -1.60. The third-order valence-electron chi connectivity index (χ3n) is 8.61. The summed E-state index contributed by atoms with van der Waals surface area (Å²) in [5, 5.41) is 26.1. The van der Waals surface area contributed by atoms with Crippen LogP contribution in [0.15, 0.2) is 42.5 Å². The Labute approximate surface area is 336 Å². The van der Waals surface area contributed by atoms with E-state index in [0.717, 1.165) is 6.08 Å². The normalized spacial score (nSPS) is 14.1. The number of benzene rings is 1.